The van der Waals surface area contributed by atoms with Crippen LogP contribution in [0.1, 0.15) is 19.0 Å². The summed E-state index contributed by atoms with van der Waals surface area (Å²) in [6, 6.07) is 10.3. The van der Waals surface area contributed by atoms with Gasteiger partial charge in [0.15, 0.2) is 5.13 Å². The van der Waals surface area contributed by atoms with Gasteiger partial charge in [0.05, 0.1) is 16.3 Å². The fraction of sp³-hybridized carbons (Fsp3) is 0.200. The smallest absolute Gasteiger partial charge is 0.180 e. The van der Waals surface area contributed by atoms with Gasteiger partial charge in [-0.3, -0.25) is 0 Å². The van der Waals surface area contributed by atoms with E-state index in [1.165, 1.54) is 11.3 Å². The number of aromatic nitrogens is 2. The van der Waals surface area contributed by atoms with Crippen LogP contribution < -0.4 is 5.73 Å². The zero-order valence-electron chi connectivity index (χ0n) is 11.2. The summed E-state index contributed by atoms with van der Waals surface area (Å²) in [7, 11) is 0. The Hall–Kier alpha value is -1.72. The van der Waals surface area contributed by atoms with E-state index in [1.807, 2.05) is 23.6 Å². The van der Waals surface area contributed by atoms with Gasteiger partial charge in [0.1, 0.15) is 5.01 Å². The predicted molar refractivity (Wildman–Crippen MR) is 87.1 cm³/mol. The summed E-state index contributed by atoms with van der Waals surface area (Å²) in [6.45, 7) is 2.17. The lowest BCUT2D eigenvalue weighted by Gasteiger charge is -1.95. The van der Waals surface area contributed by atoms with Gasteiger partial charge in [-0.25, -0.2) is 9.97 Å². The van der Waals surface area contributed by atoms with Gasteiger partial charge in [0.2, 0.25) is 0 Å². The number of nitrogen functional groups attached to an aromatic ring is 1. The fourth-order valence-corrected chi connectivity index (χ4v) is 3.76. The van der Waals surface area contributed by atoms with Crippen LogP contribution in [0.2, 0.25) is 0 Å². The molecule has 3 aromatic rings. The van der Waals surface area contributed by atoms with Crippen molar-refractivity contribution in [2.24, 2.45) is 0 Å². The molecule has 3 nitrogen and oxygen atoms in total. The van der Waals surface area contributed by atoms with Crippen molar-refractivity contribution in [1.29, 1.82) is 0 Å². The van der Waals surface area contributed by atoms with Crippen molar-refractivity contribution in [3.8, 4) is 21.1 Å². The lowest BCUT2D eigenvalue weighted by atomic mass is 10.2. The molecule has 0 radical (unpaired) electrons. The summed E-state index contributed by atoms with van der Waals surface area (Å²) >= 11 is 3.17. The number of nitrogens with two attached hydrogens (primary N) is 1. The first kappa shape index (κ1) is 13.3. The van der Waals surface area contributed by atoms with E-state index in [9.17, 15) is 0 Å². The number of rotatable bonds is 4. The molecule has 102 valence electrons. The molecule has 1 aromatic carbocycles. The maximum Gasteiger partial charge on any atom is 0.180 e. The monoisotopic (exact) mass is 301 g/mol. The van der Waals surface area contributed by atoms with Gasteiger partial charge in [0, 0.05) is 10.9 Å². The molecule has 0 amide bonds. The molecule has 0 atom stereocenters. The summed E-state index contributed by atoms with van der Waals surface area (Å²) in [5, 5.41) is 3.67. The van der Waals surface area contributed by atoms with E-state index in [4.69, 9.17) is 10.7 Å². The molecule has 20 heavy (non-hydrogen) atoms. The third kappa shape index (κ3) is 2.59. The summed E-state index contributed by atoms with van der Waals surface area (Å²) in [5.74, 6) is 0. The molecule has 0 saturated carbocycles. The second-order valence-electron chi connectivity index (χ2n) is 4.48. The highest BCUT2D eigenvalue weighted by molar-refractivity contribution is 7.19. The van der Waals surface area contributed by atoms with Gasteiger partial charge in [-0.15, -0.1) is 22.7 Å². The van der Waals surface area contributed by atoms with E-state index < -0.39 is 0 Å². The van der Waals surface area contributed by atoms with E-state index in [1.54, 1.807) is 11.3 Å². The Kier molecular flexibility index (Phi) is 3.80. The Balaban J connectivity index is 2.07. The standard InChI is InChI=1S/C15H15N3S2/c1-2-6-11-13(12-9-19-15(16)18-12)20-14(17-11)10-7-4-3-5-8-10/h3-5,7-9H,2,6H2,1H3,(H2,16,18). The first-order chi connectivity index (χ1) is 9.78. The topological polar surface area (TPSA) is 51.8 Å². The molecule has 0 unspecified atom stereocenters. The minimum absolute atomic E-state index is 0.608. The van der Waals surface area contributed by atoms with E-state index in [0.717, 1.165) is 39.7 Å². The molecule has 5 heteroatoms. The number of benzene rings is 1. The Labute approximate surface area is 126 Å². The molecule has 0 aliphatic carbocycles. The average Bonchev–Trinajstić information content (AvgIpc) is 3.07. The maximum absolute atomic E-state index is 5.75. The Bertz CT molecular complexity index is 701. The second-order valence-corrected chi connectivity index (χ2v) is 6.37. The van der Waals surface area contributed by atoms with Gasteiger partial charge in [-0.05, 0) is 6.42 Å². The zero-order chi connectivity index (χ0) is 13.9. The average molecular weight is 301 g/mol. The quantitative estimate of drug-likeness (QED) is 0.773. The van der Waals surface area contributed by atoms with Gasteiger partial charge in [-0.1, -0.05) is 43.7 Å². The zero-order valence-corrected chi connectivity index (χ0v) is 12.8. The van der Waals surface area contributed by atoms with Crippen molar-refractivity contribution in [1.82, 2.24) is 9.97 Å². The number of thiazole rings is 2. The molecule has 3 rings (SSSR count). The molecule has 0 aliphatic rings. The van der Waals surface area contributed by atoms with Gasteiger partial charge >= 0.3 is 0 Å². The molecule has 0 bridgehead atoms. The first-order valence-corrected chi connectivity index (χ1v) is 8.24. The third-order valence-corrected chi connectivity index (χ3v) is 4.80. The Morgan fingerprint density at radius 2 is 1.95 bits per heavy atom. The van der Waals surface area contributed by atoms with Crippen LogP contribution in [0.4, 0.5) is 5.13 Å². The highest BCUT2D eigenvalue weighted by Gasteiger charge is 2.15. The predicted octanol–water partition coefficient (Wildman–Crippen LogP) is 4.47. The molecule has 2 aromatic heterocycles. The van der Waals surface area contributed by atoms with Crippen LogP contribution in [0.5, 0.6) is 0 Å². The molecule has 0 aliphatic heterocycles. The van der Waals surface area contributed by atoms with Crippen molar-refractivity contribution < 1.29 is 0 Å². The molecule has 0 saturated heterocycles. The summed E-state index contributed by atoms with van der Waals surface area (Å²) in [4.78, 5) is 10.3. The van der Waals surface area contributed by atoms with Crippen LogP contribution in [0.3, 0.4) is 0 Å². The number of hydrogen-bond acceptors (Lipinski definition) is 5. The number of aryl methyl sites for hydroxylation is 1. The molecule has 0 fully saturated rings. The minimum Gasteiger partial charge on any atom is -0.375 e. The van der Waals surface area contributed by atoms with Gasteiger partial charge < -0.3 is 5.73 Å². The van der Waals surface area contributed by atoms with E-state index in [-0.39, 0.29) is 0 Å². The second kappa shape index (κ2) is 5.73. The van der Waals surface area contributed by atoms with Crippen LogP contribution >= 0.6 is 22.7 Å². The number of hydrogen-bond donors (Lipinski definition) is 1. The molecule has 2 heterocycles. The highest BCUT2D eigenvalue weighted by Crippen LogP contribution is 2.36. The van der Waals surface area contributed by atoms with Gasteiger partial charge in [0.25, 0.3) is 0 Å². The fourth-order valence-electron chi connectivity index (χ4n) is 2.05. The molecule has 2 N–H and O–H groups in total. The van der Waals surface area contributed by atoms with Crippen molar-refractivity contribution in [3.05, 3.63) is 41.4 Å². The first-order valence-electron chi connectivity index (χ1n) is 6.54. The van der Waals surface area contributed by atoms with Crippen molar-refractivity contribution >= 4 is 27.8 Å². The van der Waals surface area contributed by atoms with Crippen molar-refractivity contribution in [3.63, 3.8) is 0 Å². The van der Waals surface area contributed by atoms with Crippen LogP contribution in [-0.2, 0) is 6.42 Å². The van der Waals surface area contributed by atoms with E-state index in [2.05, 4.69) is 24.0 Å². The van der Waals surface area contributed by atoms with Crippen LogP contribution in [-0.4, -0.2) is 9.97 Å². The largest absolute Gasteiger partial charge is 0.375 e. The summed E-state index contributed by atoms with van der Waals surface area (Å²) in [5.41, 5.74) is 8.99. The van der Waals surface area contributed by atoms with Crippen LogP contribution in [0.25, 0.3) is 21.1 Å². The van der Waals surface area contributed by atoms with Crippen molar-refractivity contribution in [2.75, 3.05) is 5.73 Å². The maximum atomic E-state index is 5.75. The minimum atomic E-state index is 0.608. The van der Waals surface area contributed by atoms with E-state index >= 15 is 0 Å². The molecule has 0 spiro atoms. The number of nitrogens with zero attached hydrogens (tertiary/aromatic N) is 2. The van der Waals surface area contributed by atoms with Crippen molar-refractivity contribution in [2.45, 2.75) is 19.8 Å². The lowest BCUT2D eigenvalue weighted by molar-refractivity contribution is 0.894. The number of anilines is 1. The molecular formula is C15H15N3S2. The van der Waals surface area contributed by atoms with Crippen LogP contribution in [0, 0.1) is 0 Å². The Morgan fingerprint density at radius 3 is 2.60 bits per heavy atom. The summed E-state index contributed by atoms with van der Waals surface area (Å²) in [6.07, 6.45) is 2.04. The normalized spacial score (nSPS) is 10.8. The van der Waals surface area contributed by atoms with Gasteiger partial charge in [-0.2, -0.15) is 0 Å². The summed E-state index contributed by atoms with van der Waals surface area (Å²) < 4.78 is 0. The SMILES string of the molecule is CCCc1nc(-c2ccccc2)sc1-c1csc(N)n1. The van der Waals surface area contributed by atoms with E-state index in [0.29, 0.717) is 5.13 Å². The molecular weight excluding hydrogens is 286 g/mol. The highest BCUT2D eigenvalue weighted by atomic mass is 32.1. The van der Waals surface area contributed by atoms with Crippen LogP contribution in [0.15, 0.2) is 35.7 Å². The lowest BCUT2D eigenvalue weighted by Crippen LogP contribution is -1.88. The third-order valence-electron chi connectivity index (χ3n) is 2.96. The Morgan fingerprint density at radius 1 is 1.15 bits per heavy atom.